The van der Waals surface area contributed by atoms with E-state index < -0.39 is 6.03 Å². The number of amides is 3. The molecule has 0 atom stereocenters. The molecule has 158 valence electrons. The summed E-state index contributed by atoms with van der Waals surface area (Å²) in [4.78, 5) is 23.7. The van der Waals surface area contributed by atoms with Gasteiger partial charge < -0.3 is 15.4 Å². The van der Waals surface area contributed by atoms with Crippen molar-refractivity contribution in [1.82, 2.24) is 10.7 Å². The molecule has 3 N–H and O–H groups in total. The number of rotatable bonds is 9. The summed E-state index contributed by atoms with van der Waals surface area (Å²) in [6.45, 7) is 0.510. The lowest BCUT2D eigenvalue weighted by Gasteiger charge is -2.08. The second kappa shape index (κ2) is 11.8. The molecular formula is C24H24N4O3. The van der Waals surface area contributed by atoms with Crippen LogP contribution in [-0.4, -0.2) is 31.3 Å². The van der Waals surface area contributed by atoms with E-state index >= 15 is 0 Å². The fourth-order valence-electron chi connectivity index (χ4n) is 2.69. The van der Waals surface area contributed by atoms with Crippen LogP contribution < -0.4 is 20.8 Å². The van der Waals surface area contributed by atoms with Crippen LogP contribution in [0.25, 0.3) is 0 Å². The van der Waals surface area contributed by atoms with Crippen LogP contribution in [0.4, 0.5) is 10.5 Å². The van der Waals surface area contributed by atoms with Gasteiger partial charge in [-0.2, -0.15) is 5.10 Å². The molecular weight excluding hydrogens is 392 g/mol. The molecule has 7 heteroatoms. The molecule has 0 aliphatic rings. The summed E-state index contributed by atoms with van der Waals surface area (Å²) < 4.78 is 5.50. The first-order valence-corrected chi connectivity index (χ1v) is 9.87. The Balaban J connectivity index is 1.35. The Morgan fingerprint density at radius 1 is 0.871 bits per heavy atom. The number of urea groups is 1. The lowest BCUT2D eigenvalue weighted by atomic mass is 10.1. The first-order chi connectivity index (χ1) is 15.2. The summed E-state index contributed by atoms with van der Waals surface area (Å²) in [5.74, 6) is 0.403. The lowest BCUT2D eigenvalue weighted by Crippen LogP contribution is -2.30. The third-order valence-electron chi connectivity index (χ3n) is 4.24. The molecule has 3 amide bonds. The number of benzene rings is 3. The lowest BCUT2D eigenvalue weighted by molar-refractivity contribution is -0.123. The Morgan fingerprint density at radius 2 is 1.55 bits per heavy atom. The Bertz CT molecular complexity index is 990. The third kappa shape index (κ3) is 8.02. The number of ether oxygens (including phenoxy) is 1. The smallest absolute Gasteiger partial charge is 0.339 e. The number of carbonyl (C=O) groups excluding carboxylic acids is 2. The van der Waals surface area contributed by atoms with Crippen molar-refractivity contribution in [2.24, 2.45) is 5.10 Å². The molecule has 3 rings (SSSR count). The van der Waals surface area contributed by atoms with Crippen LogP contribution in [0, 0.1) is 0 Å². The normalized spacial score (nSPS) is 10.5. The minimum absolute atomic E-state index is 0.0521. The number of carbonyl (C=O) groups is 2. The van der Waals surface area contributed by atoms with Gasteiger partial charge >= 0.3 is 6.03 Å². The van der Waals surface area contributed by atoms with E-state index in [1.807, 2.05) is 48.5 Å². The minimum atomic E-state index is -0.430. The van der Waals surface area contributed by atoms with E-state index in [-0.39, 0.29) is 12.5 Å². The van der Waals surface area contributed by atoms with E-state index in [0.717, 1.165) is 12.0 Å². The highest BCUT2D eigenvalue weighted by molar-refractivity contribution is 5.90. The number of hydrogen-bond donors (Lipinski definition) is 3. The highest BCUT2D eigenvalue weighted by Gasteiger charge is 2.03. The number of nitrogens with one attached hydrogen (secondary N) is 3. The summed E-state index contributed by atoms with van der Waals surface area (Å²) in [6.07, 6.45) is 2.29. The Labute approximate surface area is 181 Å². The zero-order valence-corrected chi connectivity index (χ0v) is 17.0. The first kappa shape index (κ1) is 21.6. The van der Waals surface area contributed by atoms with E-state index in [1.165, 1.54) is 11.8 Å². The van der Waals surface area contributed by atoms with Crippen molar-refractivity contribution < 1.29 is 14.3 Å². The molecule has 0 fully saturated rings. The van der Waals surface area contributed by atoms with Crippen LogP contribution in [-0.2, 0) is 11.2 Å². The van der Waals surface area contributed by atoms with Crippen LogP contribution in [0.5, 0.6) is 5.75 Å². The summed E-state index contributed by atoms with van der Waals surface area (Å²) >= 11 is 0. The third-order valence-corrected chi connectivity index (χ3v) is 4.24. The van der Waals surface area contributed by atoms with Crippen molar-refractivity contribution in [2.45, 2.75) is 6.42 Å². The fourth-order valence-corrected chi connectivity index (χ4v) is 2.69. The molecule has 0 heterocycles. The van der Waals surface area contributed by atoms with Gasteiger partial charge in [-0.1, -0.05) is 48.5 Å². The Morgan fingerprint density at radius 3 is 2.26 bits per heavy atom. The van der Waals surface area contributed by atoms with Crippen LogP contribution in [0.2, 0.25) is 0 Å². The van der Waals surface area contributed by atoms with Gasteiger partial charge in [0.05, 0.1) is 6.21 Å². The molecule has 0 bridgehead atoms. The first-order valence-electron chi connectivity index (χ1n) is 9.87. The highest BCUT2D eigenvalue weighted by Crippen LogP contribution is 2.11. The maximum absolute atomic E-state index is 11.9. The summed E-state index contributed by atoms with van der Waals surface area (Å²) in [6, 6.07) is 25.7. The number of hydrogen-bond acceptors (Lipinski definition) is 4. The monoisotopic (exact) mass is 416 g/mol. The number of hydrazone groups is 1. The van der Waals surface area contributed by atoms with E-state index in [9.17, 15) is 9.59 Å². The van der Waals surface area contributed by atoms with Gasteiger partial charge in [0, 0.05) is 12.2 Å². The molecule has 31 heavy (non-hydrogen) atoms. The van der Waals surface area contributed by atoms with E-state index in [0.29, 0.717) is 18.0 Å². The van der Waals surface area contributed by atoms with Gasteiger partial charge in [-0.25, -0.2) is 10.2 Å². The van der Waals surface area contributed by atoms with Crippen molar-refractivity contribution >= 4 is 23.8 Å². The number of anilines is 1. The van der Waals surface area contributed by atoms with Crippen molar-refractivity contribution in [3.05, 3.63) is 96.1 Å². The molecule has 3 aromatic rings. The summed E-state index contributed by atoms with van der Waals surface area (Å²) in [7, 11) is 0. The van der Waals surface area contributed by atoms with Crippen LogP contribution in [0.3, 0.4) is 0 Å². The standard InChI is InChI=1S/C24H24N4O3/c29-23(25-16-15-19-7-3-1-4-8-19)18-31-22-13-11-20(12-14-22)17-26-28-24(30)27-21-9-5-2-6-10-21/h1-14,17H,15-16,18H2,(H,25,29)(H2,27,28,30)/b26-17+. The molecule has 0 saturated heterocycles. The average Bonchev–Trinajstić information content (AvgIpc) is 2.80. The Kier molecular flexibility index (Phi) is 8.19. The number of nitrogens with zero attached hydrogens (tertiary/aromatic N) is 1. The molecule has 0 saturated carbocycles. The minimum Gasteiger partial charge on any atom is -0.484 e. The van der Waals surface area contributed by atoms with Gasteiger partial charge in [0.2, 0.25) is 0 Å². The molecule has 0 radical (unpaired) electrons. The van der Waals surface area contributed by atoms with Gasteiger partial charge in [-0.05, 0) is 53.9 Å². The molecule has 0 aromatic heterocycles. The SMILES string of the molecule is O=C(COc1ccc(/C=N/NC(=O)Nc2ccccc2)cc1)NCCc1ccccc1. The number of para-hydroxylation sites is 1. The molecule has 7 nitrogen and oxygen atoms in total. The molecule has 3 aromatic carbocycles. The van der Waals surface area contributed by atoms with Gasteiger partial charge in [0.1, 0.15) is 5.75 Å². The van der Waals surface area contributed by atoms with Gasteiger partial charge in [-0.15, -0.1) is 0 Å². The molecule has 0 unspecified atom stereocenters. The van der Waals surface area contributed by atoms with Crippen LogP contribution in [0.1, 0.15) is 11.1 Å². The Hall–Kier alpha value is -4.13. The quantitative estimate of drug-likeness (QED) is 0.368. The second-order valence-electron chi connectivity index (χ2n) is 6.63. The summed E-state index contributed by atoms with van der Waals surface area (Å²) in [5.41, 5.74) is 5.03. The molecule has 0 aliphatic heterocycles. The predicted molar refractivity (Wildman–Crippen MR) is 121 cm³/mol. The maximum atomic E-state index is 11.9. The highest BCUT2D eigenvalue weighted by atomic mass is 16.5. The predicted octanol–water partition coefficient (Wildman–Crippen LogP) is 3.58. The average molecular weight is 416 g/mol. The summed E-state index contributed by atoms with van der Waals surface area (Å²) in [5, 5.41) is 9.41. The second-order valence-corrected chi connectivity index (χ2v) is 6.63. The van der Waals surface area contributed by atoms with Crippen LogP contribution >= 0.6 is 0 Å². The van der Waals surface area contributed by atoms with Gasteiger partial charge in [0.25, 0.3) is 5.91 Å². The van der Waals surface area contributed by atoms with Crippen molar-refractivity contribution in [3.8, 4) is 5.75 Å². The van der Waals surface area contributed by atoms with Crippen molar-refractivity contribution in [2.75, 3.05) is 18.5 Å². The van der Waals surface area contributed by atoms with E-state index in [4.69, 9.17) is 4.74 Å². The van der Waals surface area contributed by atoms with Gasteiger partial charge in [0.15, 0.2) is 6.61 Å². The zero-order chi connectivity index (χ0) is 21.7. The largest absolute Gasteiger partial charge is 0.484 e. The van der Waals surface area contributed by atoms with Crippen LogP contribution in [0.15, 0.2) is 90.0 Å². The topological polar surface area (TPSA) is 91.8 Å². The molecule has 0 aliphatic carbocycles. The van der Waals surface area contributed by atoms with E-state index in [2.05, 4.69) is 21.2 Å². The molecule has 0 spiro atoms. The van der Waals surface area contributed by atoms with Gasteiger partial charge in [-0.3, -0.25) is 4.79 Å². The van der Waals surface area contributed by atoms with E-state index in [1.54, 1.807) is 36.4 Å². The maximum Gasteiger partial charge on any atom is 0.339 e. The fraction of sp³-hybridized carbons (Fsp3) is 0.125. The zero-order valence-electron chi connectivity index (χ0n) is 17.0. The van der Waals surface area contributed by atoms with Crippen molar-refractivity contribution in [1.29, 1.82) is 0 Å². The van der Waals surface area contributed by atoms with Crippen molar-refractivity contribution in [3.63, 3.8) is 0 Å².